The van der Waals surface area contributed by atoms with Gasteiger partial charge in [0, 0.05) is 25.7 Å². The summed E-state index contributed by atoms with van der Waals surface area (Å²) in [4.78, 5) is 36.8. The van der Waals surface area contributed by atoms with Gasteiger partial charge in [-0.1, -0.05) is 13.8 Å². The predicted octanol–water partition coefficient (Wildman–Crippen LogP) is 0.416. The van der Waals surface area contributed by atoms with Gasteiger partial charge in [0.1, 0.15) is 0 Å². The second kappa shape index (κ2) is 6.81. The second-order valence-electron chi connectivity index (χ2n) is 3.63. The minimum atomic E-state index is -0.590. The van der Waals surface area contributed by atoms with E-state index in [0.29, 0.717) is 0 Å². The van der Waals surface area contributed by atoms with Crippen LogP contribution < -0.4 is 5.48 Å². The number of carbonyl (C=O) groups excluding carboxylic acids is 3. The molecule has 2 unspecified atom stereocenters. The van der Waals surface area contributed by atoms with Crippen LogP contribution in [0.3, 0.4) is 0 Å². The summed E-state index contributed by atoms with van der Waals surface area (Å²) >= 11 is 0. The molecule has 2 atom stereocenters. The first-order valence-corrected chi connectivity index (χ1v) is 4.95. The van der Waals surface area contributed by atoms with Crippen molar-refractivity contribution < 1.29 is 24.0 Å². The molecule has 0 saturated carbocycles. The maximum atomic E-state index is 11.4. The summed E-state index contributed by atoms with van der Waals surface area (Å²) in [5, 5.41) is 0. The normalized spacial score (nSPS) is 13.5. The SMILES string of the molecule is CC(=O)OCC(C)C(C)C(=O)NOC(C)=O. The van der Waals surface area contributed by atoms with Crippen LogP contribution >= 0.6 is 0 Å². The third kappa shape index (κ3) is 6.00. The van der Waals surface area contributed by atoms with E-state index in [-0.39, 0.29) is 18.5 Å². The van der Waals surface area contributed by atoms with E-state index in [1.54, 1.807) is 13.8 Å². The van der Waals surface area contributed by atoms with Gasteiger partial charge >= 0.3 is 11.9 Å². The van der Waals surface area contributed by atoms with E-state index in [9.17, 15) is 14.4 Å². The van der Waals surface area contributed by atoms with Crippen LogP contribution in [0.1, 0.15) is 27.7 Å². The quantitative estimate of drug-likeness (QED) is 0.560. The molecule has 0 heterocycles. The number of hydrogen-bond donors (Lipinski definition) is 1. The van der Waals surface area contributed by atoms with Crippen molar-refractivity contribution in [1.82, 2.24) is 5.48 Å². The molecule has 6 heteroatoms. The topological polar surface area (TPSA) is 81.7 Å². The summed E-state index contributed by atoms with van der Waals surface area (Å²) < 4.78 is 4.77. The Hall–Kier alpha value is -1.59. The first kappa shape index (κ1) is 14.4. The van der Waals surface area contributed by atoms with E-state index >= 15 is 0 Å². The fraction of sp³-hybridized carbons (Fsp3) is 0.700. The largest absolute Gasteiger partial charge is 0.466 e. The average molecular weight is 231 g/mol. The van der Waals surface area contributed by atoms with Crippen molar-refractivity contribution in [1.29, 1.82) is 0 Å². The van der Waals surface area contributed by atoms with Gasteiger partial charge in [-0.3, -0.25) is 14.4 Å². The Morgan fingerprint density at radius 1 is 1.12 bits per heavy atom. The zero-order chi connectivity index (χ0) is 12.7. The van der Waals surface area contributed by atoms with Crippen molar-refractivity contribution in [2.24, 2.45) is 11.8 Å². The molecular weight excluding hydrogens is 214 g/mol. The predicted molar refractivity (Wildman–Crippen MR) is 54.9 cm³/mol. The molecule has 0 aromatic rings. The summed E-state index contributed by atoms with van der Waals surface area (Å²) in [6.07, 6.45) is 0. The highest BCUT2D eigenvalue weighted by molar-refractivity contribution is 5.79. The van der Waals surface area contributed by atoms with E-state index in [0.717, 1.165) is 0 Å². The smallest absolute Gasteiger partial charge is 0.329 e. The van der Waals surface area contributed by atoms with Crippen LogP contribution in [0.15, 0.2) is 0 Å². The lowest BCUT2D eigenvalue weighted by Crippen LogP contribution is -2.35. The standard InChI is InChI=1S/C10H17NO5/c1-6(5-15-8(3)12)7(2)10(14)11-16-9(4)13/h6-7H,5H2,1-4H3,(H,11,14). The van der Waals surface area contributed by atoms with Gasteiger partial charge in [-0.15, -0.1) is 0 Å². The van der Waals surface area contributed by atoms with Crippen molar-refractivity contribution in [3.63, 3.8) is 0 Å². The molecular formula is C10H17NO5. The van der Waals surface area contributed by atoms with Crippen molar-refractivity contribution in [3.8, 4) is 0 Å². The average Bonchev–Trinajstić information content (AvgIpc) is 2.21. The second-order valence-corrected chi connectivity index (χ2v) is 3.63. The molecule has 1 N–H and O–H groups in total. The van der Waals surface area contributed by atoms with Crippen molar-refractivity contribution in [2.45, 2.75) is 27.7 Å². The molecule has 0 aromatic heterocycles. The van der Waals surface area contributed by atoms with Crippen molar-refractivity contribution >= 4 is 17.8 Å². The highest BCUT2D eigenvalue weighted by Gasteiger charge is 2.21. The highest BCUT2D eigenvalue weighted by Crippen LogP contribution is 2.11. The van der Waals surface area contributed by atoms with Gasteiger partial charge in [0.25, 0.3) is 5.91 Å². The highest BCUT2D eigenvalue weighted by atomic mass is 16.7. The van der Waals surface area contributed by atoms with Crippen LogP contribution in [0.2, 0.25) is 0 Å². The number of rotatable bonds is 4. The van der Waals surface area contributed by atoms with Gasteiger partial charge in [0.05, 0.1) is 6.61 Å². The van der Waals surface area contributed by atoms with Gasteiger partial charge in [-0.25, -0.2) is 0 Å². The molecule has 0 fully saturated rings. The van der Waals surface area contributed by atoms with E-state index in [2.05, 4.69) is 4.84 Å². The molecule has 6 nitrogen and oxygen atoms in total. The molecule has 1 amide bonds. The summed E-state index contributed by atoms with van der Waals surface area (Å²) in [6, 6.07) is 0. The van der Waals surface area contributed by atoms with E-state index < -0.39 is 17.8 Å². The number of hydrogen-bond acceptors (Lipinski definition) is 5. The van der Waals surface area contributed by atoms with Gasteiger partial charge < -0.3 is 9.57 Å². The van der Waals surface area contributed by atoms with E-state index in [1.165, 1.54) is 13.8 Å². The maximum Gasteiger partial charge on any atom is 0.329 e. The maximum absolute atomic E-state index is 11.4. The molecule has 0 rings (SSSR count). The number of esters is 1. The van der Waals surface area contributed by atoms with Crippen LogP contribution in [-0.4, -0.2) is 24.5 Å². The third-order valence-corrected chi connectivity index (χ3v) is 2.11. The molecule has 0 aliphatic heterocycles. The van der Waals surface area contributed by atoms with Gasteiger partial charge in [-0.05, 0) is 0 Å². The van der Waals surface area contributed by atoms with Crippen LogP contribution in [0, 0.1) is 11.8 Å². The first-order chi connectivity index (χ1) is 7.34. The van der Waals surface area contributed by atoms with Gasteiger partial charge in [0.15, 0.2) is 0 Å². The van der Waals surface area contributed by atoms with Gasteiger partial charge in [0.2, 0.25) is 0 Å². The van der Waals surface area contributed by atoms with E-state index in [1.807, 2.05) is 5.48 Å². The van der Waals surface area contributed by atoms with E-state index in [4.69, 9.17) is 4.74 Å². The molecule has 0 radical (unpaired) electrons. The Morgan fingerprint density at radius 2 is 1.69 bits per heavy atom. The zero-order valence-electron chi connectivity index (χ0n) is 9.90. The number of amides is 1. The Labute approximate surface area is 94.2 Å². The Morgan fingerprint density at radius 3 is 2.12 bits per heavy atom. The Bertz CT molecular complexity index is 276. The summed E-state index contributed by atoms with van der Waals surface area (Å²) in [7, 11) is 0. The molecule has 92 valence electrons. The monoisotopic (exact) mass is 231 g/mol. The molecule has 0 aliphatic rings. The molecule has 0 aromatic carbocycles. The minimum Gasteiger partial charge on any atom is -0.466 e. The molecule has 0 spiro atoms. The number of nitrogens with one attached hydrogen (secondary N) is 1. The van der Waals surface area contributed by atoms with Crippen LogP contribution in [0.5, 0.6) is 0 Å². The van der Waals surface area contributed by atoms with Crippen LogP contribution in [0.25, 0.3) is 0 Å². The van der Waals surface area contributed by atoms with Crippen molar-refractivity contribution in [3.05, 3.63) is 0 Å². The molecule has 0 aliphatic carbocycles. The molecule has 0 saturated heterocycles. The molecule has 16 heavy (non-hydrogen) atoms. The van der Waals surface area contributed by atoms with Gasteiger partial charge in [-0.2, -0.15) is 5.48 Å². The lowest BCUT2D eigenvalue weighted by Gasteiger charge is -2.18. The fourth-order valence-corrected chi connectivity index (χ4v) is 0.867. The molecule has 0 bridgehead atoms. The Balaban J connectivity index is 4.00. The number of ether oxygens (including phenoxy) is 1. The summed E-state index contributed by atoms with van der Waals surface area (Å²) in [5.41, 5.74) is 2.02. The fourth-order valence-electron chi connectivity index (χ4n) is 0.867. The van der Waals surface area contributed by atoms with Crippen LogP contribution in [-0.2, 0) is 24.0 Å². The minimum absolute atomic E-state index is 0.153. The summed E-state index contributed by atoms with van der Waals surface area (Å²) in [5.74, 6) is -1.97. The summed E-state index contributed by atoms with van der Waals surface area (Å²) in [6.45, 7) is 6.07. The third-order valence-electron chi connectivity index (χ3n) is 2.11. The lowest BCUT2D eigenvalue weighted by molar-refractivity contribution is -0.158. The first-order valence-electron chi connectivity index (χ1n) is 4.95. The lowest BCUT2D eigenvalue weighted by atomic mass is 9.96. The van der Waals surface area contributed by atoms with Crippen molar-refractivity contribution in [2.75, 3.05) is 6.61 Å². The Kier molecular flexibility index (Phi) is 6.14. The number of carbonyl (C=O) groups is 3. The zero-order valence-corrected chi connectivity index (χ0v) is 9.90. The van der Waals surface area contributed by atoms with Crippen LogP contribution in [0.4, 0.5) is 0 Å². The number of hydroxylamine groups is 1.